The molecular formula is C20H21N3O2. The van der Waals surface area contributed by atoms with Crippen molar-refractivity contribution in [3.63, 3.8) is 0 Å². The van der Waals surface area contributed by atoms with Crippen molar-refractivity contribution in [1.29, 1.82) is 0 Å². The molecule has 0 bridgehead atoms. The van der Waals surface area contributed by atoms with Crippen molar-refractivity contribution < 1.29 is 9.90 Å². The largest absolute Gasteiger partial charge is 0.396 e. The number of amides is 1. The minimum atomic E-state index is -0.243. The lowest BCUT2D eigenvalue weighted by Gasteiger charge is -2.09. The molecule has 5 nitrogen and oxygen atoms in total. The van der Waals surface area contributed by atoms with E-state index >= 15 is 0 Å². The molecule has 0 aliphatic heterocycles. The second-order valence-corrected chi connectivity index (χ2v) is 5.81. The molecule has 128 valence electrons. The number of H-pyrrole nitrogens is 1. The molecule has 3 rings (SSSR count). The molecule has 0 saturated heterocycles. The quantitative estimate of drug-likeness (QED) is 0.522. The first kappa shape index (κ1) is 17.0. The van der Waals surface area contributed by atoms with E-state index < -0.39 is 0 Å². The van der Waals surface area contributed by atoms with Crippen LogP contribution in [-0.4, -0.2) is 22.6 Å². The van der Waals surface area contributed by atoms with Crippen LogP contribution >= 0.6 is 0 Å². The maximum absolute atomic E-state index is 11.5. The van der Waals surface area contributed by atoms with Crippen molar-refractivity contribution in [2.24, 2.45) is 5.73 Å². The van der Waals surface area contributed by atoms with Crippen molar-refractivity contribution in [1.82, 2.24) is 4.98 Å². The van der Waals surface area contributed by atoms with Gasteiger partial charge in [-0.05, 0) is 41.0 Å². The third-order valence-electron chi connectivity index (χ3n) is 4.16. The van der Waals surface area contributed by atoms with Crippen molar-refractivity contribution in [3.8, 4) is 11.1 Å². The average Bonchev–Trinajstić information content (AvgIpc) is 3.05. The van der Waals surface area contributed by atoms with Crippen molar-refractivity contribution in [2.45, 2.75) is 13.0 Å². The number of hydrogen-bond donors (Lipinski definition) is 4. The van der Waals surface area contributed by atoms with Crippen molar-refractivity contribution in [3.05, 3.63) is 66.4 Å². The number of carbonyl (C=O) groups excluding carboxylic acids is 1. The molecule has 0 spiro atoms. The lowest BCUT2D eigenvalue weighted by Crippen LogP contribution is -2.07. The summed E-state index contributed by atoms with van der Waals surface area (Å²) in [7, 11) is 0. The predicted octanol–water partition coefficient (Wildman–Crippen LogP) is 2.95. The Balaban J connectivity index is 2.10. The van der Waals surface area contributed by atoms with Crippen LogP contribution in [0.5, 0.6) is 0 Å². The van der Waals surface area contributed by atoms with Crippen LogP contribution in [0.25, 0.3) is 22.0 Å². The summed E-state index contributed by atoms with van der Waals surface area (Å²) in [6, 6.07) is 13.8. The highest BCUT2D eigenvalue weighted by Gasteiger charge is 2.11. The summed E-state index contributed by atoms with van der Waals surface area (Å²) in [4.78, 5) is 14.9. The predicted molar refractivity (Wildman–Crippen MR) is 101 cm³/mol. The van der Waals surface area contributed by atoms with E-state index in [1.54, 1.807) is 0 Å². The second kappa shape index (κ2) is 7.34. The number of aliphatic hydroxyl groups is 1. The zero-order chi connectivity index (χ0) is 17.8. The van der Waals surface area contributed by atoms with E-state index in [-0.39, 0.29) is 12.5 Å². The third kappa shape index (κ3) is 3.47. The average molecular weight is 335 g/mol. The normalized spacial score (nSPS) is 10.8. The molecule has 1 amide bonds. The first-order valence-electron chi connectivity index (χ1n) is 8.14. The Morgan fingerprint density at radius 3 is 2.84 bits per heavy atom. The first-order valence-corrected chi connectivity index (χ1v) is 8.14. The summed E-state index contributed by atoms with van der Waals surface area (Å²) in [5.74, 6) is -0.243. The number of aliphatic hydroxyl groups excluding tert-OH is 1. The summed E-state index contributed by atoms with van der Waals surface area (Å²) in [6.07, 6.45) is 1.81. The molecule has 0 unspecified atom stereocenters. The van der Waals surface area contributed by atoms with Crippen LogP contribution in [0.15, 0.2) is 55.1 Å². The van der Waals surface area contributed by atoms with Gasteiger partial charge >= 0.3 is 0 Å². The molecule has 0 saturated carbocycles. The third-order valence-corrected chi connectivity index (χ3v) is 4.16. The fraction of sp³-hybridized carbons (Fsp3) is 0.150. The first-order chi connectivity index (χ1) is 12.2. The van der Waals surface area contributed by atoms with Gasteiger partial charge in [0.25, 0.3) is 0 Å². The van der Waals surface area contributed by atoms with Crippen LogP contribution in [0.4, 0.5) is 5.69 Å². The Bertz CT molecular complexity index is 928. The zero-order valence-corrected chi connectivity index (χ0v) is 13.9. The lowest BCUT2D eigenvalue weighted by atomic mass is 9.98. The van der Waals surface area contributed by atoms with Gasteiger partial charge in [-0.1, -0.05) is 30.8 Å². The van der Waals surface area contributed by atoms with E-state index in [1.807, 2.05) is 36.4 Å². The number of fused-ring (bicyclic) bond motifs is 1. The summed E-state index contributed by atoms with van der Waals surface area (Å²) in [5, 5.41) is 13.0. The Morgan fingerprint density at radius 1 is 1.28 bits per heavy atom. The highest BCUT2D eigenvalue weighted by Crippen LogP contribution is 2.32. The Kier molecular flexibility index (Phi) is 4.97. The number of carbonyl (C=O) groups is 1. The van der Waals surface area contributed by atoms with Crippen LogP contribution < -0.4 is 11.1 Å². The molecule has 0 radical (unpaired) electrons. The molecule has 0 aliphatic rings. The van der Waals surface area contributed by atoms with Crippen LogP contribution in [0.3, 0.4) is 0 Å². The molecule has 2 aromatic carbocycles. The number of nitrogens with two attached hydrogens (primary N) is 1. The van der Waals surface area contributed by atoms with Crippen LogP contribution in [0.2, 0.25) is 0 Å². The van der Waals surface area contributed by atoms with E-state index in [4.69, 9.17) is 5.73 Å². The highest BCUT2D eigenvalue weighted by molar-refractivity contribution is 6.01. The fourth-order valence-electron chi connectivity index (χ4n) is 2.97. The fourth-order valence-corrected chi connectivity index (χ4v) is 2.97. The maximum atomic E-state index is 11.5. The molecule has 1 aromatic heterocycles. The van der Waals surface area contributed by atoms with Crippen molar-refractivity contribution in [2.75, 3.05) is 11.9 Å². The van der Waals surface area contributed by atoms with Crippen LogP contribution in [0, 0.1) is 0 Å². The molecule has 1 heterocycles. The molecule has 5 N–H and O–H groups in total. The number of nitrogens with one attached hydrogen (secondary N) is 2. The zero-order valence-electron chi connectivity index (χ0n) is 13.9. The lowest BCUT2D eigenvalue weighted by molar-refractivity contribution is -0.111. The van der Waals surface area contributed by atoms with E-state index in [2.05, 4.69) is 22.9 Å². The van der Waals surface area contributed by atoms with Gasteiger partial charge in [0.15, 0.2) is 0 Å². The summed E-state index contributed by atoms with van der Waals surface area (Å²) in [5.41, 5.74) is 11.6. The van der Waals surface area contributed by atoms with Gasteiger partial charge in [-0.25, -0.2) is 0 Å². The summed E-state index contributed by atoms with van der Waals surface area (Å²) in [6.45, 7) is 3.99. The second-order valence-electron chi connectivity index (χ2n) is 5.81. The number of rotatable bonds is 6. The Morgan fingerprint density at radius 2 is 2.12 bits per heavy atom. The Labute approximate surface area is 146 Å². The molecule has 3 aromatic rings. The molecule has 0 atom stereocenters. The molecule has 0 fully saturated rings. The van der Waals surface area contributed by atoms with Gasteiger partial charge in [-0.2, -0.15) is 0 Å². The molecular weight excluding hydrogens is 314 g/mol. The number of hydrogen-bond acceptors (Lipinski definition) is 3. The number of aromatic nitrogens is 1. The molecule has 0 aliphatic carbocycles. The minimum Gasteiger partial charge on any atom is -0.396 e. The number of anilines is 1. The van der Waals surface area contributed by atoms with Gasteiger partial charge in [0.2, 0.25) is 5.91 Å². The molecule has 5 heteroatoms. The van der Waals surface area contributed by atoms with Gasteiger partial charge in [-0.3, -0.25) is 4.79 Å². The van der Waals surface area contributed by atoms with E-state index in [1.165, 1.54) is 6.08 Å². The number of aromatic amines is 1. The molecule has 25 heavy (non-hydrogen) atoms. The van der Waals surface area contributed by atoms with E-state index in [0.717, 1.165) is 33.3 Å². The number of benzene rings is 2. The SMILES string of the molecule is C=CC(=O)Nc1cccc(-c2ccc(CN)c3[nH]c(CCO)cc23)c1. The van der Waals surface area contributed by atoms with Crippen molar-refractivity contribution >= 4 is 22.5 Å². The summed E-state index contributed by atoms with van der Waals surface area (Å²) < 4.78 is 0. The topological polar surface area (TPSA) is 91.1 Å². The van der Waals surface area contributed by atoms with E-state index in [9.17, 15) is 9.90 Å². The Hall–Kier alpha value is -2.89. The minimum absolute atomic E-state index is 0.0865. The monoisotopic (exact) mass is 335 g/mol. The van der Waals surface area contributed by atoms with Gasteiger partial charge in [-0.15, -0.1) is 0 Å². The van der Waals surface area contributed by atoms with Gasteiger partial charge in [0.1, 0.15) is 0 Å². The standard InChI is InChI=1S/C20H21N3O2/c1-2-19(25)22-15-5-3-4-13(10-15)17-7-6-14(12-21)20-18(17)11-16(23-20)8-9-24/h2-7,10-11,23-24H,1,8-9,12,21H2,(H,22,25). The van der Waals surface area contributed by atoms with Gasteiger partial charge in [0, 0.05) is 36.3 Å². The van der Waals surface area contributed by atoms with Crippen LogP contribution in [-0.2, 0) is 17.8 Å². The summed E-state index contributed by atoms with van der Waals surface area (Å²) >= 11 is 0. The smallest absolute Gasteiger partial charge is 0.247 e. The van der Waals surface area contributed by atoms with Gasteiger partial charge in [0.05, 0.1) is 5.52 Å². The highest BCUT2D eigenvalue weighted by atomic mass is 16.3. The van der Waals surface area contributed by atoms with Crippen LogP contribution in [0.1, 0.15) is 11.3 Å². The van der Waals surface area contributed by atoms with Gasteiger partial charge < -0.3 is 21.1 Å². The maximum Gasteiger partial charge on any atom is 0.247 e. The van der Waals surface area contributed by atoms with E-state index in [0.29, 0.717) is 18.7 Å².